The zero-order chi connectivity index (χ0) is 28.0. The van der Waals surface area contributed by atoms with Crippen molar-refractivity contribution in [3.05, 3.63) is 59.6 Å². The average molecular weight is 526 g/mol. The van der Waals surface area contributed by atoms with Crippen LogP contribution in [0.25, 0.3) is 0 Å². The molecule has 5 atom stereocenters. The summed E-state index contributed by atoms with van der Waals surface area (Å²) in [6, 6.07) is 0. The van der Waals surface area contributed by atoms with Gasteiger partial charge in [-0.2, -0.15) is 0 Å². The lowest BCUT2D eigenvalue weighted by molar-refractivity contribution is -0.160. The van der Waals surface area contributed by atoms with E-state index in [1.165, 1.54) is 20.2 Å². The number of esters is 2. The Morgan fingerprint density at radius 1 is 1.21 bits per heavy atom. The number of fused-ring (bicyclic) bond motifs is 4. The molecule has 2 fully saturated rings. The van der Waals surface area contributed by atoms with E-state index in [4.69, 9.17) is 14.2 Å². The third kappa shape index (κ3) is 4.04. The Morgan fingerprint density at radius 3 is 2.45 bits per heavy atom. The first-order valence-corrected chi connectivity index (χ1v) is 12.8. The Labute approximate surface area is 222 Å². The van der Waals surface area contributed by atoms with Gasteiger partial charge in [-0.3, -0.25) is 14.4 Å². The lowest BCUT2D eigenvalue weighted by Gasteiger charge is -2.53. The van der Waals surface area contributed by atoms with E-state index >= 15 is 0 Å². The number of carbonyl (C=O) groups is 4. The summed E-state index contributed by atoms with van der Waals surface area (Å²) in [5, 5.41) is 11.5. The molecule has 0 aromatic heterocycles. The van der Waals surface area contributed by atoms with Crippen LogP contribution in [-0.2, 0) is 33.4 Å². The Morgan fingerprint density at radius 2 is 1.87 bits per heavy atom. The summed E-state index contributed by atoms with van der Waals surface area (Å²) in [5.74, 6) is -2.99. The Bertz CT molecular complexity index is 1200. The van der Waals surface area contributed by atoms with Crippen molar-refractivity contribution in [2.24, 2.45) is 16.7 Å². The second-order valence-corrected chi connectivity index (χ2v) is 10.7. The number of aliphatic hydroxyl groups is 1. The van der Waals surface area contributed by atoms with E-state index in [1.54, 1.807) is 30.9 Å². The van der Waals surface area contributed by atoms with Gasteiger partial charge >= 0.3 is 11.9 Å². The normalized spacial score (nSPS) is 33.4. The van der Waals surface area contributed by atoms with Gasteiger partial charge in [0.1, 0.15) is 18.0 Å². The van der Waals surface area contributed by atoms with Gasteiger partial charge in [0.15, 0.2) is 5.76 Å². The topological polar surface area (TPSA) is 119 Å². The molecule has 1 saturated carbocycles. The van der Waals surface area contributed by atoms with Gasteiger partial charge in [-0.25, -0.2) is 4.79 Å². The number of carbonyl (C=O) groups excluding carboxylic acids is 4. The lowest BCUT2D eigenvalue weighted by Crippen LogP contribution is -2.57. The van der Waals surface area contributed by atoms with Gasteiger partial charge in [0, 0.05) is 68.6 Å². The van der Waals surface area contributed by atoms with E-state index in [1.807, 2.05) is 0 Å². The monoisotopic (exact) mass is 525 g/mol. The maximum Gasteiger partial charge on any atom is 0.340 e. The van der Waals surface area contributed by atoms with E-state index in [9.17, 15) is 24.3 Å². The van der Waals surface area contributed by atoms with E-state index in [-0.39, 0.29) is 42.0 Å². The molecule has 0 unspecified atom stereocenters. The van der Waals surface area contributed by atoms with Gasteiger partial charge in [-0.05, 0) is 18.9 Å². The number of methoxy groups -OCH3 is 1. The number of ketones is 2. The summed E-state index contributed by atoms with van der Waals surface area (Å²) in [5.41, 5.74) is -1.35. The second kappa shape index (κ2) is 10.0. The molecule has 0 amide bonds. The lowest BCUT2D eigenvalue weighted by atomic mass is 9.53. The van der Waals surface area contributed by atoms with Crippen LogP contribution in [0.15, 0.2) is 59.6 Å². The molecule has 1 heterocycles. The van der Waals surface area contributed by atoms with Crippen LogP contribution in [0, 0.1) is 16.7 Å². The molecule has 1 N–H and O–H groups in total. The first-order valence-electron chi connectivity index (χ1n) is 12.8. The quantitative estimate of drug-likeness (QED) is 0.290. The van der Waals surface area contributed by atoms with Crippen molar-refractivity contribution >= 4 is 23.5 Å². The number of allylic oxidation sites excluding steroid dienone is 1. The summed E-state index contributed by atoms with van der Waals surface area (Å²) in [6.45, 7) is 13.0. The first kappa shape index (κ1) is 27.6. The standard InChI is InChI=1S/C29H35NO8/c1-7-11-30(12-8-2)14-17-23-26(34)25(33)22-18-9-10-20(32)28(18,4)13-19(37-16(3)31)24(22)29(23,5)21(15-36-6)38-27(17)35/h7-8,14,18-19,21,34H,1-2,9-13,15H2,3-6H3/t18-,19+,21+,28-,29-/m0/s1. The fourth-order valence-electron chi connectivity index (χ4n) is 6.78. The molecule has 9 heteroatoms. The molecular formula is C29H35NO8. The minimum absolute atomic E-state index is 0.00740. The zero-order valence-corrected chi connectivity index (χ0v) is 22.4. The molecule has 4 rings (SSSR count). The smallest absolute Gasteiger partial charge is 0.340 e. The van der Waals surface area contributed by atoms with Crippen LogP contribution in [-0.4, -0.2) is 72.5 Å². The number of ether oxygens (including phenoxy) is 3. The Balaban J connectivity index is 2.02. The molecule has 0 bridgehead atoms. The van der Waals surface area contributed by atoms with Crippen LogP contribution >= 0.6 is 0 Å². The maximum atomic E-state index is 14.0. The van der Waals surface area contributed by atoms with Crippen LogP contribution in [0.1, 0.15) is 40.0 Å². The van der Waals surface area contributed by atoms with E-state index in [0.717, 1.165) is 0 Å². The van der Waals surface area contributed by atoms with Crippen molar-refractivity contribution in [2.45, 2.75) is 52.2 Å². The zero-order valence-electron chi connectivity index (χ0n) is 22.4. The fraction of sp³-hybridized carbons (Fsp3) is 0.517. The van der Waals surface area contributed by atoms with Crippen LogP contribution in [0.5, 0.6) is 0 Å². The van der Waals surface area contributed by atoms with Gasteiger partial charge in [-0.15, -0.1) is 13.2 Å². The molecule has 0 aromatic rings. The van der Waals surface area contributed by atoms with Crippen LogP contribution in [0.2, 0.25) is 0 Å². The third-order valence-electron chi connectivity index (χ3n) is 8.46. The number of cyclic esters (lactones) is 1. The Kier molecular flexibility index (Phi) is 7.27. The molecule has 38 heavy (non-hydrogen) atoms. The first-order chi connectivity index (χ1) is 17.9. The van der Waals surface area contributed by atoms with Crippen LogP contribution in [0.3, 0.4) is 0 Å². The fourth-order valence-corrected chi connectivity index (χ4v) is 6.78. The predicted molar refractivity (Wildman–Crippen MR) is 138 cm³/mol. The molecule has 0 spiro atoms. The number of hydrogen-bond acceptors (Lipinski definition) is 9. The minimum atomic E-state index is -1.27. The summed E-state index contributed by atoms with van der Waals surface area (Å²) >= 11 is 0. The highest BCUT2D eigenvalue weighted by atomic mass is 16.6. The maximum absolute atomic E-state index is 14.0. The predicted octanol–water partition coefficient (Wildman–Crippen LogP) is 3.13. The Hall–Kier alpha value is -3.46. The van der Waals surface area contributed by atoms with Crippen LogP contribution in [0.4, 0.5) is 0 Å². The van der Waals surface area contributed by atoms with Gasteiger partial charge in [0.2, 0.25) is 5.78 Å². The van der Waals surface area contributed by atoms with Crippen molar-refractivity contribution in [3.8, 4) is 0 Å². The largest absolute Gasteiger partial charge is 0.504 e. The summed E-state index contributed by atoms with van der Waals surface area (Å²) in [4.78, 5) is 54.3. The highest BCUT2D eigenvalue weighted by Gasteiger charge is 2.64. The van der Waals surface area contributed by atoms with Gasteiger partial charge in [0.05, 0.1) is 17.6 Å². The molecule has 1 saturated heterocycles. The number of nitrogens with zero attached hydrogens (tertiary/aromatic N) is 1. The molecule has 204 valence electrons. The highest BCUT2D eigenvalue weighted by Crippen LogP contribution is 2.62. The molecule has 3 aliphatic carbocycles. The van der Waals surface area contributed by atoms with Crippen LogP contribution < -0.4 is 0 Å². The van der Waals surface area contributed by atoms with Crippen molar-refractivity contribution in [3.63, 3.8) is 0 Å². The molecular weight excluding hydrogens is 490 g/mol. The van der Waals surface area contributed by atoms with Gasteiger partial charge < -0.3 is 24.2 Å². The van der Waals surface area contributed by atoms with Crippen molar-refractivity contribution in [2.75, 3.05) is 26.8 Å². The molecule has 1 aliphatic heterocycles. The second-order valence-electron chi connectivity index (χ2n) is 10.7. The SMILES string of the molecule is C=CCN(C=C1C(=O)O[C@H](COC)[C@@]2(C)C1=C(O)C(=O)C1=C2[C@H](OC(C)=O)C[C@]2(C)C(=O)CC[C@@H]12)CC=C. The van der Waals surface area contributed by atoms with E-state index in [0.29, 0.717) is 25.1 Å². The minimum Gasteiger partial charge on any atom is -0.504 e. The van der Waals surface area contributed by atoms with Gasteiger partial charge in [-0.1, -0.05) is 19.1 Å². The summed E-state index contributed by atoms with van der Waals surface area (Å²) in [6.07, 6.45) is 3.89. The van der Waals surface area contributed by atoms with Crippen molar-refractivity contribution in [1.29, 1.82) is 0 Å². The van der Waals surface area contributed by atoms with E-state index < -0.39 is 52.4 Å². The number of aliphatic hydroxyl groups excluding tert-OH is 1. The number of Topliss-reactive ketones (excluding diaryl/α,β-unsaturated/α-hetero) is 2. The molecule has 9 nitrogen and oxygen atoms in total. The third-order valence-corrected chi connectivity index (χ3v) is 8.46. The molecule has 0 radical (unpaired) electrons. The van der Waals surface area contributed by atoms with Gasteiger partial charge in [0.25, 0.3) is 0 Å². The van der Waals surface area contributed by atoms with Crippen molar-refractivity contribution in [1.82, 2.24) is 4.90 Å². The highest BCUT2D eigenvalue weighted by molar-refractivity contribution is 6.14. The van der Waals surface area contributed by atoms with Crippen molar-refractivity contribution < 1.29 is 38.5 Å². The van der Waals surface area contributed by atoms with E-state index in [2.05, 4.69) is 13.2 Å². The summed E-state index contributed by atoms with van der Waals surface area (Å²) in [7, 11) is 1.46. The molecule has 4 aliphatic rings. The number of hydrogen-bond donors (Lipinski definition) is 1. The average Bonchev–Trinajstić information content (AvgIpc) is 3.13. The summed E-state index contributed by atoms with van der Waals surface area (Å²) < 4.78 is 17.1. The number of rotatable bonds is 8. The molecule has 0 aromatic carbocycles.